The Morgan fingerprint density at radius 3 is 1.12 bits per heavy atom. The number of hydrogen-bond acceptors (Lipinski definition) is 6. The first-order valence-electron chi connectivity index (χ1n) is 26.7. The molecule has 376 valence electrons. The highest BCUT2D eigenvalue weighted by molar-refractivity contribution is 5.71. The van der Waals surface area contributed by atoms with E-state index < -0.39 is 6.10 Å². The van der Waals surface area contributed by atoms with Crippen molar-refractivity contribution in [3.63, 3.8) is 0 Å². The average Bonchev–Trinajstić information content (AvgIpc) is 3.33. The van der Waals surface area contributed by atoms with Gasteiger partial charge in [-0.3, -0.25) is 14.4 Å². The Morgan fingerprint density at radius 1 is 0.328 bits per heavy atom. The number of unbranched alkanes of at least 4 members (excludes halogenated alkanes) is 14. The van der Waals surface area contributed by atoms with E-state index in [1.807, 2.05) is 12.2 Å². The summed E-state index contributed by atoms with van der Waals surface area (Å²) in [6.45, 7) is 6.24. The molecular formula is C61H96O6. The van der Waals surface area contributed by atoms with Gasteiger partial charge in [0.1, 0.15) is 13.2 Å². The number of carbonyl (C=O) groups is 3. The van der Waals surface area contributed by atoms with E-state index in [0.29, 0.717) is 19.3 Å². The number of hydrogen-bond donors (Lipinski definition) is 0. The van der Waals surface area contributed by atoms with Crippen molar-refractivity contribution in [2.45, 2.75) is 219 Å². The maximum absolute atomic E-state index is 12.8. The van der Waals surface area contributed by atoms with E-state index in [9.17, 15) is 14.4 Å². The fourth-order valence-electron chi connectivity index (χ4n) is 6.72. The monoisotopic (exact) mass is 925 g/mol. The molecule has 0 bridgehead atoms. The topological polar surface area (TPSA) is 78.9 Å². The highest BCUT2D eigenvalue weighted by Gasteiger charge is 2.19. The van der Waals surface area contributed by atoms with E-state index in [-0.39, 0.29) is 44.0 Å². The van der Waals surface area contributed by atoms with Crippen LogP contribution in [0.1, 0.15) is 213 Å². The summed E-state index contributed by atoms with van der Waals surface area (Å²) in [5, 5.41) is 0. The molecule has 0 heterocycles. The molecule has 0 aliphatic rings. The summed E-state index contributed by atoms with van der Waals surface area (Å²) in [4.78, 5) is 38.0. The summed E-state index contributed by atoms with van der Waals surface area (Å²) in [6, 6.07) is 0. The van der Waals surface area contributed by atoms with Gasteiger partial charge in [0.15, 0.2) is 6.10 Å². The SMILES string of the molecule is CC/C=C\C/C=C\C/C=C\C/C=C\C/C=C\C/C=C\CCC(=O)OCC(COC(=O)CCC/C=C\C/C=C\C/C=C\CC)OC(=O)CCCCCCCCCCCC/C=C\C=C/CCCCC. The Morgan fingerprint density at radius 2 is 0.672 bits per heavy atom. The van der Waals surface area contributed by atoms with E-state index in [2.05, 4.69) is 142 Å². The standard InChI is InChI=1S/C61H96O6/c1-4-7-10-13-16-19-22-24-26-28-30-32-34-36-39-42-45-48-51-54-60(63)66-57-58(56-65-59(62)53-50-47-44-41-38-21-18-15-12-9-6-3)67-61(64)55-52-49-46-43-40-37-35-33-31-29-27-25-23-20-17-14-11-8-5-2/h7,9-10,12,16-21,23-26,30,32,36,39,41,44-45,48,58H,4-6,8,11,13-15,22,27-29,31,33-35,37-38,40,42-43,46-47,49-57H2,1-3H3/b10-7-,12-9-,19-16-,20-17-,21-18-,25-23-,26-24-,32-30-,39-36-,44-41-,48-45-. The number of allylic oxidation sites excluding steroid dienone is 22. The summed E-state index contributed by atoms with van der Waals surface area (Å²) < 4.78 is 16.7. The molecule has 0 N–H and O–H groups in total. The summed E-state index contributed by atoms with van der Waals surface area (Å²) >= 11 is 0. The lowest BCUT2D eigenvalue weighted by Gasteiger charge is -2.18. The molecule has 1 atom stereocenters. The van der Waals surface area contributed by atoms with Gasteiger partial charge in [0.2, 0.25) is 0 Å². The van der Waals surface area contributed by atoms with Crippen molar-refractivity contribution in [1.82, 2.24) is 0 Å². The van der Waals surface area contributed by atoms with E-state index in [4.69, 9.17) is 14.2 Å². The van der Waals surface area contributed by atoms with Crippen LogP contribution in [-0.4, -0.2) is 37.2 Å². The maximum Gasteiger partial charge on any atom is 0.306 e. The number of esters is 3. The van der Waals surface area contributed by atoms with Gasteiger partial charge in [-0.15, -0.1) is 0 Å². The Balaban J connectivity index is 4.53. The van der Waals surface area contributed by atoms with Crippen LogP contribution in [0.5, 0.6) is 0 Å². The van der Waals surface area contributed by atoms with Crippen LogP contribution in [0.3, 0.4) is 0 Å². The first kappa shape index (κ1) is 62.5. The van der Waals surface area contributed by atoms with E-state index in [1.165, 1.54) is 77.0 Å². The molecule has 0 radical (unpaired) electrons. The third kappa shape index (κ3) is 52.4. The van der Waals surface area contributed by atoms with Crippen molar-refractivity contribution >= 4 is 17.9 Å². The molecule has 6 heteroatoms. The molecule has 1 unspecified atom stereocenters. The Bertz CT molecular complexity index is 1480. The van der Waals surface area contributed by atoms with Crippen LogP contribution in [0.2, 0.25) is 0 Å². The fourth-order valence-corrected chi connectivity index (χ4v) is 6.72. The maximum atomic E-state index is 12.8. The highest BCUT2D eigenvalue weighted by atomic mass is 16.6. The Kier molecular flexibility index (Phi) is 50.6. The van der Waals surface area contributed by atoms with Crippen LogP contribution in [0.25, 0.3) is 0 Å². The molecule has 0 saturated carbocycles. The van der Waals surface area contributed by atoms with E-state index >= 15 is 0 Å². The molecule has 0 amide bonds. The van der Waals surface area contributed by atoms with Gasteiger partial charge in [0.25, 0.3) is 0 Å². The van der Waals surface area contributed by atoms with E-state index in [1.54, 1.807) is 0 Å². The molecule has 0 aromatic heterocycles. The second-order valence-corrected chi connectivity index (χ2v) is 17.0. The summed E-state index contributed by atoms with van der Waals surface area (Å²) in [6.07, 6.45) is 76.0. The van der Waals surface area contributed by atoms with Crippen LogP contribution < -0.4 is 0 Å². The lowest BCUT2D eigenvalue weighted by Crippen LogP contribution is -2.30. The van der Waals surface area contributed by atoms with Gasteiger partial charge in [0.05, 0.1) is 0 Å². The third-order valence-electron chi connectivity index (χ3n) is 10.7. The molecule has 0 fully saturated rings. The van der Waals surface area contributed by atoms with Crippen molar-refractivity contribution in [2.24, 2.45) is 0 Å². The quantitative estimate of drug-likeness (QED) is 0.0199. The fraction of sp³-hybridized carbons (Fsp3) is 0.590. The van der Waals surface area contributed by atoms with Crippen molar-refractivity contribution in [1.29, 1.82) is 0 Å². The van der Waals surface area contributed by atoms with Crippen molar-refractivity contribution in [3.8, 4) is 0 Å². The van der Waals surface area contributed by atoms with Crippen LogP contribution in [-0.2, 0) is 28.6 Å². The predicted octanol–water partition coefficient (Wildman–Crippen LogP) is 17.9. The van der Waals surface area contributed by atoms with Crippen molar-refractivity contribution < 1.29 is 28.6 Å². The van der Waals surface area contributed by atoms with E-state index in [0.717, 1.165) is 83.5 Å². The van der Waals surface area contributed by atoms with Crippen LogP contribution in [0.15, 0.2) is 134 Å². The number of carbonyl (C=O) groups excluding carboxylic acids is 3. The number of rotatable bonds is 46. The summed E-state index contributed by atoms with van der Waals surface area (Å²) in [5.74, 6) is -1.08. The van der Waals surface area contributed by atoms with Gasteiger partial charge >= 0.3 is 17.9 Å². The van der Waals surface area contributed by atoms with Crippen molar-refractivity contribution in [3.05, 3.63) is 134 Å². The minimum Gasteiger partial charge on any atom is -0.462 e. The third-order valence-corrected chi connectivity index (χ3v) is 10.7. The molecule has 0 aromatic rings. The Labute approximate surface area is 411 Å². The van der Waals surface area contributed by atoms with Gasteiger partial charge in [-0.1, -0.05) is 219 Å². The van der Waals surface area contributed by atoms with Crippen molar-refractivity contribution in [2.75, 3.05) is 13.2 Å². The van der Waals surface area contributed by atoms with Gasteiger partial charge < -0.3 is 14.2 Å². The molecule has 6 nitrogen and oxygen atoms in total. The molecular weight excluding hydrogens is 829 g/mol. The molecule has 0 aromatic carbocycles. The second kappa shape index (κ2) is 54.2. The normalized spacial score (nSPS) is 13.2. The predicted molar refractivity (Wildman–Crippen MR) is 288 cm³/mol. The minimum absolute atomic E-state index is 0.134. The molecule has 0 aliphatic heterocycles. The first-order valence-corrected chi connectivity index (χ1v) is 26.7. The van der Waals surface area contributed by atoms with Crippen LogP contribution in [0.4, 0.5) is 0 Å². The minimum atomic E-state index is -0.835. The molecule has 0 aliphatic carbocycles. The zero-order chi connectivity index (χ0) is 48.6. The molecule has 67 heavy (non-hydrogen) atoms. The summed E-state index contributed by atoms with van der Waals surface area (Å²) in [5.41, 5.74) is 0. The zero-order valence-electron chi connectivity index (χ0n) is 42.9. The largest absolute Gasteiger partial charge is 0.462 e. The first-order chi connectivity index (χ1) is 33.0. The van der Waals surface area contributed by atoms with Crippen LogP contribution in [0, 0.1) is 0 Å². The smallest absolute Gasteiger partial charge is 0.306 e. The van der Waals surface area contributed by atoms with Crippen LogP contribution >= 0.6 is 0 Å². The molecule has 0 spiro atoms. The Hall–Kier alpha value is -4.45. The average molecular weight is 925 g/mol. The zero-order valence-corrected chi connectivity index (χ0v) is 42.9. The molecule has 0 rings (SSSR count). The lowest BCUT2D eigenvalue weighted by molar-refractivity contribution is -0.166. The van der Waals surface area contributed by atoms with Gasteiger partial charge in [0, 0.05) is 19.3 Å². The summed E-state index contributed by atoms with van der Waals surface area (Å²) in [7, 11) is 0. The number of ether oxygens (including phenoxy) is 3. The van der Waals surface area contributed by atoms with Gasteiger partial charge in [-0.25, -0.2) is 0 Å². The molecule has 0 saturated heterocycles. The second-order valence-electron chi connectivity index (χ2n) is 17.0. The van der Waals surface area contributed by atoms with Gasteiger partial charge in [-0.05, 0) is 109 Å². The highest BCUT2D eigenvalue weighted by Crippen LogP contribution is 2.14. The van der Waals surface area contributed by atoms with Gasteiger partial charge in [-0.2, -0.15) is 0 Å². The lowest BCUT2D eigenvalue weighted by atomic mass is 10.1.